The number of nitrogens with one attached hydrogen (secondary N) is 1. The van der Waals surface area contributed by atoms with Gasteiger partial charge in [-0.05, 0) is 99.5 Å². The fourth-order valence-electron chi connectivity index (χ4n) is 5.44. The molecular formula is C27H33FN4O2. The zero-order chi connectivity index (χ0) is 23.5. The van der Waals surface area contributed by atoms with Crippen molar-refractivity contribution in [1.29, 1.82) is 0 Å². The molecule has 7 heteroatoms. The third kappa shape index (κ3) is 5.00. The number of fused-ring (bicyclic) bond motifs is 1. The lowest BCUT2D eigenvalue weighted by atomic mass is 9.86. The maximum atomic E-state index is 13.3. The Morgan fingerprint density at radius 1 is 1.03 bits per heavy atom. The summed E-state index contributed by atoms with van der Waals surface area (Å²) >= 11 is 0. The number of aromatic nitrogens is 2. The molecular weight excluding hydrogens is 431 g/mol. The molecule has 0 bridgehead atoms. The number of halogens is 1. The minimum Gasteiger partial charge on any atom is -0.396 e. The Bertz CT molecular complexity index is 1200. The summed E-state index contributed by atoms with van der Waals surface area (Å²) in [5, 5.41) is 9.58. The molecule has 2 heterocycles. The third-order valence-corrected chi connectivity index (χ3v) is 7.39. The fourth-order valence-corrected chi connectivity index (χ4v) is 5.44. The average molecular weight is 465 g/mol. The standard InChI is InChI=1S/C27H33FN4O2/c28-22-9-7-21(8-10-22)26(34)30-27-29-24-13-6-20(17-31-14-2-1-3-15-31)16-25(24)32(27)23-11-4-19(18-33)5-12-23/h6-10,13,16,19,23,33H,1-5,11-12,14-15,17-18H2,(H,29,30,34)/t19-,23+. The Kier molecular flexibility index (Phi) is 6.92. The number of piperidine rings is 1. The lowest BCUT2D eigenvalue weighted by Crippen LogP contribution is -2.29. The number of carbonyl (C=O) groups is 1. The molecule has 5 rings (SSSR count). The van der Waals surface area contributed by atoms with E-state index in [1.165, 1.54) is 49.1 Å². The van der Waals surface area contributed by atoms with E-state index >= 15 is 0 Å². The number of amides is 1. The van der Waals surface area contributed by atoms with Crippen LogP contribution in [0.4, 0.5) is 4.39 Å². The van der Waals surface area contributed by atoms with Gasteiger partial charge in [0.2, 0.25) is 5.62 Å². The Hall–Kier alpha value is -2.77. The first-order valence-electron chi connectivity index (χ1n) is 12.5. The van der Waals surface area contributed by atoms with Gasteiger partial charge in [-0.2, -0.15) is 4.99 Å². The predicted molar refractivity (Wildman–Crippen MR) is 130 cm³/mol. The Morgan fingerprint density at radius 2 is 1.76 bits per heavy atom. The molecule has 180 valence electrons. The zero-order valence-electron chi connectivity index (χ0n) is 19.5. The molecule has 2 aromatic carbocycles. The van der Waals surface area contributed by atoms with E-state index in [2.05, 4.69) is 37.6 Å². The molecule has 34 heavy (non-hydrogen) atoms. The summed E-state index contributed by atoms with van der Waals surface area (Å²) in [6.07, 6.45) is 7.62. The van der Waals surface area contributed by atoms with E-state index in [1.54, 1.807) is 0 Å². The largest absolute Gasteiger partial charge is 0.396 e. The van der Waals surface area contributed by atoms with Crippen molar-refractivity contribution < 1.29 is 14.3 Å². The number of hydrogen-bond donors (Lipinski definition) is 2. The smallest absolute Gasteiger partial charge is 0.280 e. The van der Waals surface area contributed by atoms with Crippen molar-refractivity contribution in [3.63, 3.8) is 0 Å². The summed E-state index contributed by atoms with van der Waals surface area (Å²) in [7, 11) is 0. The highest BCUT2D eigenvalue weighted by molar-refractivity contribution is 5.94. The van der Waals surface area contributed by atoms with Crippen LogP contribution in [0.25, 0.3) is 11.0 Å². The molecule has 0 radical (unpaired) electrons. The number of rotatable bonds is 5. The number of imidazole rings is 1. The number of aromatic amines is 1. The second kappa shape index (κ2) is 10.2. The summed E-state index contributed by atoms with van der Waals surface area (Å²) in [5.41, 5.74) is 4.18. The van der Waals surface area contributed by atoms with Gasteiger partial charge in [-0.15, -0.1) is 0 Å². The monoisotopic (exact) mass is 464 g/mol. The van der Waals surface area contributed by atoms with Gasteiger partial charge < -0.3 is 14.7 Å². The number of benzene rings is 2. The molecule has 1 aliphatic heterocycles. The number of aliphatic hydroxyl groups excluding tert-OH is 1. The first kappa shape index (κ1) is 23.0. The number of H-pyrrole nitrogens is 1. The number of nitrogens with zero attached hydrogens (tertiary/aromatic N) is 3. The topological polar surface area (TPSA) is 73.6 Å². The molecule has 1 saturated heterocycles. The van der Waals surface area contributed by atoms with E-state index in [-0.39, 0.29) is 18.5 Å². The maximum absolute atomic E-state index is 13.3. The van der Waals surface area contributed by atoms with Gasteiger partial charge in [0.15, 0.2) is 0 Å². The molecule has 6 nitrogen and oxygen atoms in total. The van der Waals surface area contributed by atoms with Gasteiger partial charge in [-0.1, -0.05) is 12.5 Å². The highest BCUT2D eigenvalue weighted by Gasteiger charge is 2.25. The molecule has 1 aliphatic carbocycles. The number of carbonyl (C=O) groups excluding carboxylic acids is 1. The quantitative estimate of drug-likeness (QED) is 0.581. The van der Waals surface area contributed by atoms with Crippen LogP contribution in [0, 0.1) is 11.7 Å². The van der Waals surface area contributed by atoms with E-state index in [1.807, 2.05) is 0 Å². The van der Waals surface area contributed by atoms with Gasteiger partial charge in [0.25, 0.3) is 5.91 Å². The van der Waals surface area contributed by atoms with E-state index in [0.717, 1.165) is 56.4 Å². The minimum atomic E-state index is -0.391. The molecule has 3 aromatic rings. The SMILES string of the molecule is O=C(/N=c1\[nH]c2ccc(CN3CCCCC3)cc2n1[C@H]1CC[C@@H](CO)CC1)c1ccc(F)cc1. The molecule has 1 saturated carbocycles. The lowest BCUT2D eigenvalue weighted by molar-refractivity contribution is 0.0995. The summed E-state index contributed by atoms with van der Waals surface area (Å²) in [4.78, 5) is 23.2. The minimum absolute atomic E-state index is 0.210. The molecule has 2 aliphatic rings. The van der Waals surface area contributed by atoms with Crippen LogP contribution in [0.5, 0.6) is 0 Å². The first-order chi connectivity index (χ1) is 16.6. The molecule has 2 fully saturated rings. The molecule has 2 N–H and O–H groups in total. The third-order valence-electron chi connectivity index (χ3n) is 7.39. The van der Waals surface area contributed by atoms with Crippen LogP contribution >= 0.6 is 0 Å². The van der Waals surface area contributed by atoms with Gasteiger partial charge in [0, 0.05) is 24.8 Å². The highest BCUT2D eigenvalue weighted by Crippen LogP contribution is 2.33. The Morgan fingerprint density at radius 3 is 2.47 bits per heavy atom. The van der Waals surface area contributed by atoms with Gasteiger partial charge in [0.05, 0.1) is 11.0 Å². The van der Waals surface area contributed by atoms with Crippen molar-refractivity contribution in [1.82, 2.24) is 14.5 Å². The molecule has 0 spiro atoms. The fraction of sp³-hybridized carbons (Fsp3) is 0.481. The van der Waals surface area contributed by atoms with Crippen LogP contribution in [0.2, 0.25) is 0 Å². The van der Waals surface area contributed by atoms with Gasteiger partial charge in [-0.25, -0.2) is 4.39 Å². The number of hydrogen-bond acceptors (Lipinski definition) is 3. The second-order valence-electron chi connectivity index (χ2n) is 9.79. The Labute approximate surface area is 199 Å². The van der Waals surface area contributed by atoms with Crippen LogP contribution in [-0.4, -0.2) is 45.2 Å². The predicted octanol–water partition coefficient (Wildman–Crippen LogP) is 4.56. The molecule has 1 amide bonds. The number of aliphatic hydroxyl groups is 1. The number of likely N-dealkylation sites (tertiary alicyclic amines) is 1. The van der Waals surface area contributed by atoms with Crippen LogP contribution in [0.15, 0.2) is 47.5 Å². The zero-order valence-corrected chi connectivity index (χ0v) is 19.5. The lowest BCUT2D eigenvalue weighted by Gasteiger charge is -2.29. The van der Waals surface area contributed by atoms with E-state index < -0.39 is 5.91 Å². The van der Waals surface area contributed by atoms with Gasteiger partial charge >= 0.3 is 0 Å². The first-order valence-corrected chi connectivity index (χ1v) is 12.5. The summed E-state index contributed by atoms with van der Waals surface area (Å²) < 4.78 is 15.5. The summed E-state index contributed by atoms with van der Waals surface area (Å²) in [6, 6.07) is 12.2. The van der Waals surface area contributed by atoms with Crippen molar-refractivity contribution in [2.75, 3.05) is 19.7 Å². The van der Waals surface area contributed by atoms with Crippen molar-refractivity contribution in [2.24, 2.45) is 10.9 Å². The van der Waals surface area contributed by atoms with Gasteiger partial charge in [-0.3, -0.25) is 9.69 Å². The molecule has 1 aromatic heterocycles. The maximum Gasteiger partial charge on any atom is 0.280 e. The van der Waals surface area contributed by atoms with Crippen LogP contribution < -0.4 is 5.62 Å². The van der Waals surface area contributed by atoms with Crippen molar-refractivity contribution in [3.8, 4) is 0 Å². The van der Waals surface area contributed by atoms with Gasteiger partial charge in [0.1, 0.15) is 5.82 Å². The van der Waals surface area contributed by atoms with E-state index in [9.17, 15) is 14.3 Å². The normalized spacial score (nSPS) is 22.4. The molecule has 0 unspecified atom stereocenters. The summed E-state index contributed by atoms with van der Waals surface area (Å²) in [6.45, 7) is 3.44. The second-order valence-corrected chi connectivity index (χ2v) is 9.79. The van der Waals surface area contributed by atoms with Crippen molar-refractivity contribution in [3.05, 3.63) is 65.0 Å². The van der Waals surface area contributed by atoms with Crippen molar-refractivity contribution >= 4 is 16.9 Å². The van der Waals surface area contributed by atoms with Crippen LogP contribution in [-0.2, 0) is 6.54 Å². The van der Waals surface area contributed by atoms with E-state index in [0.29, 0.717) is 17.1 Å². The van der Waals surface area contributed by atoms with Crippen molar-refractivity contribution in [2.45, 2.75) is 57.5 Å². The van der Waals surface area contributed by atoms with E-state index in [4.69, 9.17) is 0 Å². The Balaban J connectivity index is 1.53. The van der Waals surface area contributed by atoms with Crippen LogP contribution in [0.1, 0.15) is 66.9 Å². The van der Waals surface area contributed by atoms with Crippen LogP contribution in [0.3, 0.4) is 0 Å². The average Bonchev–Trinajstić information content (AvgIpc) is 3.22. The highest BCUT2D eigenvalue weighted by atomic mass is 19.1. The molecule has 0 atom stereocenters. The summed E-state index contributed by atoms with van der Waals surface area (Å²) in [5.74, 6) is -0.421.